The van der Waals surface area contributed by atoms with E-state index < -0.39 is 0 Å². The van der Waals surface area contributed by atoms with Crippen molar-refractivity contribution in [1.29, 1.82) is 0 Å². The number of phenolic OH excluding ortho intramolecular Hbond substituents is 1. The summed E-state index contributed by atoms with van der Waals surface area (Å²) in [7, 11) is 0. The predicted octanol–water partition coefficient (Wildman–Crippen LogP) is 2.76. The maximum Gasteiger partial charge on any atom is 0.185 e. The van der Waals surface area contributed by atoms with Gasteiger partial charge in [0.1, 0.15) is 5.75 Å². The molecule has 2 aromatic heterocycles. The molecule has 17 heavy (non-hydrogen) atoms. The minimum absolute atomic E-state index is 0.162. The first-order valence-electron chi connectivity index (χ1n) is 5.04. The van der Waals surface area contributed by atoms with Gasteiger partial charge in [-0.3, -0.25) is 0 Å². The number of halogens is 1. The third-order valence-corrected chi connectivity index (χ3v) is 2.68. The Kier molecular flexibility index (Phi) is 2.23. The van der Waals surface area contributed by atoms with Crippen molar-refractivity contribution in [3.05, 3.63) is 47.6 Å². The molecule has 4 nitrogen and oxygen atoms in total. The van der Waals surface area contributed by atoms with Gasteiger partial charge in [-0.25, -0.2) is 9.50 Å². The van der Waals surface area contributed by atoms with Crippen LogP contribution < -0.4 is 0 Å². The second-order valence-corrected chi connectivity index (χ2v) is 4.04. The van der Waals surface area contributed by atoms with Gasteiger partial charge in [0.25, 0.3) is 0 Å². The maximum absolute atomic E-state index is 9.73. The van der Waals surface area contributed by atoms with E-state index in [0.717, 1.165) is 0 Å². The number of hydrogen-bond donors (Lipinski definition) is 1. The molecule has 84 valence electrons. The molecular weight excluding hydrogens is 238 g/mol. The first-order chi connectivity index (χ1) is 8.24. The van der Waals surface area contributed by atoms with Gasteiger partial charge < -0.3 is 5.11 Å². The number of hydrogen-bond acceptors (Lipinski definition) is 3. The average Bonchev–Trinajstić information content (AvgIpc) is 2.72. The molecule has 0 bridgehead atoms. The van der Waals surface area contributed by atoms with Crippen molar-refractivity contribution in [1.82, 2.24) is 14.6 Å². The van der Waals surface area contributed by atoms with E-state index in [4.69, 9.17) is 11.6 Å². The molecule has 1 aromatic carbocycles. The van der Waals surface area contributed by atoms with Gasteiger partial charge in [0.15, 0.2) is 11.5 Å². The Hall–Kier alpha value is -2.07. The minimum Gasteiger partial charge on any atom is -0.507 e. The highest BCUT2D eigenvalue weighted by Crippen LogP contribution is 2.26. The maximum atomic E-state index is 9.73. The average molecular weight is 246 g/mol. The zero-order chi connectivity index (χ0) is 11.8. The topological polar surface area (TPSA) is 50.4 Å². The molecule has 0 aliphatic carbocycles. The summed E-state index contributed by atoms with van der Waals surface area (Å²) in [6.07, 6.45) is 1.73. The Morgan fingerprint density at radius 1 is 1.18 bits per heavy atom. The van der Waals surface area contributed by atoms with E-state index in [1.807, 2.05) is 6.07 Å². The number of benzene rings is 1. The molecule has 0 saturated carbocycles. The second kappa shape index (κ2) is 3.75. The van der Waals surface area contributed by atoms with Crippen LogP contribution in [-0.2, 0) is 0 Å². The fourth-order valence-electron chi connectivity index (χ4n) is 1.63. The van der Waals surface area contributed by atoms with Gasteiger partial charge in [0.2, 0.25) is 0 Å². The van der Waals surface area contributed by atoms with Crippen LogP contribution in [0.2, 0.25) is 5.02 Å². The van der Waals surface area contributed by atoms with Crippen LogP contribution in [-0.4, -0.2) is 19.7 Å². The fraction of sp³-hybridized carbons (Fsp3) is 0. The fourth-order valence-corrected chi connectivity index (χ4v) is 1.79. The number of aromatic nitrogens is 3. The van der Waals surface area contributed by atoms with Crippen LogP contribution in [0.25, 0.3) is 17.0 Å². The van der Waals surface area contributed by atoms with Crippen molar-refractivity contribution in [3.63, 3.8) is 0 Å². The normalized spacial score (nSPS) is 10.9. The van der Waals surface area contributed by atoms with Gasteiger partial charge >= 0.3 is 0 Å². The van der Waals surface area contributed by atoms with Gasteiger partial charge in [0, 0.05) is 17.3 Å². The molecule has 1 N–H and O–H groups in total. The minimum atomic E-state index is 0.162. The summed E-state index contributed by atoms with van der Waals surface area (Å²) in [5.74, 6) is 0.639. The summed E-state index contributed by atoms with van der Waals surface area (Å²) in [4.78, 5) is 4.31. The predicted molar refractivity (Wildman–Crippen MR) is 65.1 cm³/mol. The number of para-hydroxylation sites is 1. The lowest BCUT2D eigenvalue weighted by molar-refractivity contribution is 0.477. The molecule has 3 rings (SSSR count). The highest BCUT2D eigenvalue weighted by atomic mass is 35.5. The number of nitrogens with zero attached hydrogens (tertiary/aromatic N) is 3. The van der Waals surface area contributed by atoms with Crippen molar-refractivity contribution < 1.29 is 5.11 Å². The Balaban J connectivity index is 2.22. The Labute approximate surface area is 102 Å². The molecule has 2 heterocycles. The number of pyridine rings is 1. The summed E-state index contributed by atoms with van der Waals surface area (Å²) in [5.41, 5.74) is 1.25. The molecule has 0 unspecified atom stereocenters. The molecule has 3 aromatic rings. The van der Waals surface area contributed by atoms with E-state index in [0.29, 0.717) is 22.1 Å². The first-order valence-corrected chi connectivity index (χ1v) is 5.42. The van der Waals surface area contributed by atoms with Gasteiger partial charge in [-0.1, -0.05) is 23.7 Å². The molecular formula is C12H8ClN3O. The van der Waals surface area contributed by atoms with Crippen LogP contribution in [0.3, 0.4) is 0 Å². The number of phenols is 1. The summed E-state index contributed by atoms with van der Waals surface area (Å²) in [6.45, 7) is 0. The lowest BCUT2D eigenvalue weighted by Gasteiger charge is -1.97. The van der Waals surface area contributed by atoms with Gasteiger partial charge in [-0.2, -0.15) is 0 Å². The van der Waals surface area contributed by atoms with Crippen molar-refractivity contribution in [2.24, 2.45) is 0 Å². The summed E-state index contributed by atoms with van der Waals surface area (Å²) >= 11 is 5.87. The quantitative estimate of drug-likeness (QED) is 0.717. The van der Waals surface area contributed by atoms with Crippen LogP contribution in [0.15, 0.2) is 42.6 Å². The van der Waals surface area contributed by atoms with Crippen LogP contribution >= 0.6 is 11.6 Å². The van der Waals surface area contributed by atoms with E-state index in [1.54, 1.807) is 41.0 Å². The van der Waals surface area contributed by atoms with Crippen LogP contribution in [0.5, 0.6) is 5.75 Å². The largest absolute Gasteiger partial charge is 0.507 e. The van der Waals surface area contributed by atoms with Gasteiger partial charge in [0.05, 0.1) is 5.56 Å². The van der Waals surface area contributed by atoms with E-state index in [1.165, 1.54) is 0 Å². The molecule has 0 saturated heterocycles. The standard InChI is InChI=1S/C12H8ClN3O/c13-8-5-6-16-11(7-8)14-12(15-16)9-3-1-2-4-10(9)17/h1-7,17H. The summed E-state index contributed by atoms with van der Waals surface area (Å²) < 4.78 is 1.62. The second-order valence-electron chi connectivity index (χ2n) is 3.60. The molecule has 0 amide bonds. The molecule has 5 heteroatoms. The van der Waals surface area contributed by atoms with E-state index >= 15 is 0 Å². The number of aromatic hydroxyl groups is 1. The third-order valence-electron chi connectivity index (χ3n) is 2.44. The first kappa shape index (κ1) is 10.1. The van der Waals surface area contributed by atoms with Crippen LogP contribution in [0.4, 0.5) is 0 Å². The Bertz CT molecular complexity index is 693. The molecule has 0 atom stereocenters. The zero-order valence-corrected chi connectivity index (χ0v) is 9.46. The Morgan fingerprint density at radius 3 is 2.82 bits per heavy atom. The van der Waals surface area contributed by atoms with Crippen LogP contribution in [0.1, 0.15) is 0 Å². The van der Waals surface area contributed by atoms with E-state index in [-0.39, 0.29) is 5.75 Å². The number of fused-ring (bicyclic) bond motifs is 1. The Morgan fingerprint density at radius 2 is 2.00 bits per heavy atom. The van der Waals surface area contributed by atoms with Crippen molar-refractivity contribution >= 4 is 17.2 Å². The van der Waals surface area contributed by atoms with Crippen LogP contribution in [0, 0.1) is 0 Å². The number of rotatable bonds is 1. The molecule has 0 radical (unpaired) electrons. The smallest absolute Gasteiger partial charge is 0.185 e. The zero-order valence-electron chi connectivity index (χ0n) is 8.71. The molecule has 0 aliphatic heterocycles. The monoisotopic (exact) mass is 245 g/mol. The third kappa shape index (κ3) is 1.72. The van der Waals surface area contributed by atoms with Crippen molar-refractivity contribution in [2.45, 2.75) is 0 Å². The highest BCUT2D eigenvalue weighted by Gasteiger charge is 2.09. The van der Waals surface area contributed by atoms with Crippen molar-refractivity contribution in [2.75, 3.05) is 0 Å². The molecule has 0 fully saturated rings. The molecule has 0 aliphatic rings. The van der Waals surface area contributed by atoms with E-state index in [9.17, 15) is 5.11 Å². The van der Waals surface area contributed by atoms with E-state index in [2.05, 4.69) is 10.1 Å². The summed E-state index contributed by atoms with van der Waals surface area (Å²) in [5, 5.41) is 14.6. The van der Waals surface area contributed by atoms with Gasteiger partial charge in [-0.15, -0.1) is 5.10 Å². The highest BCUT2D eigenvalue weighted by molar-refractivity contribution is 6.30. The molecule has 0 spiro atoms. The SMILES string of the molecule is Oc1ccccc1-c1nc2cc(Cl)ccn2n1. The van der Waals surface area contributed by atoms with Gasteiger partial charge in [-0.05, 0) is 18.2 Å². The summed E-state index contributed by atoms with van der Waals surface area (Å²) in [6, 6.07) is 10.4. The lowest BCUT2D eigenvalue weighted by Crippen LogP contribution is -1.85. The van der Waals surface area contributed by atoms with Crippen molar-refractivity contribution in [3.8, 4) is 17.1 Å². The lowest BCUT2D eigenvalue weighted by atomic mass is 10.2.